The number of aliphatic hydroxyl groups excluding tert-OH is 3. The number of aliphatic carboxylic acids is 2. The summed E-state index contributed by atoms with van der Waals surface area (Å²) in [5.41, 5.74) is 4.35. The highest BCUT2D eigenvalue weighted by molar-refractivity contribution is 6.05. The zero-order valence-corrected chi connectivity index (χ0v) is 17.4. The molecule has 2 heterocycles. The summed E-state index contributed by atoms with van der Waals surface area (Å²) in [6.45, 7) is -0.610. The van der Waals surface area contributed by atoms with Gasteiger partial charge in [-0.2, -0.15) is 4.98 Å². The van der Waals surface area contributed by atoms with E-state index in [-0.39, 0.29) is 5.82 Å². The first-order chi connectivity index (χ1) is 15.9. The highest BCUT2D eigenvalue weighted by atomic mass is 16.6. The van der Waals surface area contributed by atoms with Gasteiger partial charge in [0.25, 0.3) is 5.91 Å². The normalized spacial score (nSPS) is 24.0. The van der Waals surface area contributed by atoms with Gasteiger partial charge in [0.1, 0.15) is 24.1 Å². The first kappa shape index (κ1) is 26.7. The van der Waals surface area contributed by atoms with E-state index in [9.17, 15) is 34.2 Å². The zero-order chi connectivity index (χ0) is 25.6. The van der Waals surface area contributed by atoms with Crippen LogP contribution < -0.4 is 16.7 Å². The predicted molar refractivity (Wildman–Crippen MR) is 110 cm³/mol. The van der Waals surface area contributed by atoms with Crippen LogP contribution in [0, 0.1) is 5.92 Å². The molecule has 0 radical (unpaired) electrons. The minimum absolute atomic E-state index is 0.310. The van der Waals surface area contributed by atoms with Gasteiger partial charge < -0.3 is 41.3 Å². The van der Waals surface area contributed by atoms with Crippen molar-refractivity contribution in [2.24, 2.45) is 16.6 Å². The number of anilines is 1. The van der Waals surface area contributed by atoms with Gasteiger partial charge in [0.05, 0.1) is 31.4 Å². The van der Waals surface area contributed by atoms with Crippen LogP contribution in [0.25, 0.3) is 0 Å². The van der Waals surface area contributed by atoms with Crippen LogP contribution >= 0.6 is 0 Å². The molecule has 34 heavy (non-hydrogen) atoms. The Morgan fingerprint density at radius 2 is 1.85 bits per heavy atom. The van der Waals surface area contributed by atoms with Crippen molar-refractivity contribution < 1.29 is 49.4 Å². The minimum atomic E-state index is -1.54. The third-order valence-corrected chi connectivity index (χ3v) is 4.70. The number of rotatable bonds is 10. The van der Waals surface area contributed by atoms with E-state index in [1.54, 1.807) is 0 Å². The summed E-state index contributed by atoms with van der Waals surface area (Å²) in [5, 5.41) is 48.8. The number of hydrogen-bond donors (Lipinski definition) is 7. The molecule has 1 fully saturated rings. The molecule has 1 aliphatic heterocycles. The number of carboxylic acids is 2. The molecule has 8 N–H and O–H groups in total. The number of nitrogens with two attached hydrogens (primary N) is 1. The highest BCUT2D eigenvalue weighted by Crippen LogP contribution is 2.28. The van der Waals surface area contributed by atoms with Crippen molar-refractivity contribution >= 4 is 35.8 Å². The van der Waals surface area contributed by atoms with Gasteiger partial charge >= 0.3 is 17.6 Å². The van der Waals surface area contributed by atoms with Gasteiger partial charge in [-0.05, 0) is 6.07 Å². The van der Waals surface area contributed by atoms with Crippen LogP contribution in [-0.4, -0.2) is 96.0 Å². The molecule has 186 valence electrons. The Balaban J connectivity index is 2.14. The third kappa shape index (κ3) is 6.72. The number of amides is 2. The van der Waals surface area contributed by atoms with Gasteiger partial charge in [0, 0.05) is 12.4 Å². The second-order valence-electron chi connectivity index (χ2n) is 7.25. The maximum absolute atomic E-state index is 12.5. The Labute approximate surface area is 190 Å². The molecule has 1 aliphatic rings. The Bertz CT molecular complexity index is 1030. The van der Waals surface area contributed by atoms with Crippen molar-refractivity contribution in [2.75, 3.05) is 11.9 Å². The van der Waals surface area contributed by atoms with E-state index in [2.05, 4.69) is 15.3 Å². The molecule has 2 amide bonds. The molecule has 6 atom stereocenters. The molecule has 0 aliphatic carbocycles. The van der Waals surface area contributed by atoms with Crippen molar-refractivity contribution in [3.63, 3.8) is 0 Å². The maximum atomic E-state index is 12.5. The zero-order valence-electron chi connectivity index (χ0n) is 17.4. The Kier molecular flexibility index (Phi) is 9.04. The number of nitrogens with zero attached hydrogens (tertiary/aromatic N) is 3. The molecule has 0 bridgehead atoms. The summed E-state index contributed by atoms with van der Waals surface area (Å²) in [6.07, 6.45) is -5.22. The van der Waals surface area contributed by atoms with E-state index >= 15 is 0 Å². The second-order valence-corrected chi connectivity index (χ2v) is 7.25. The lowest BCUT2D eigenvalue weighted by Gasteiger charge is -2.17. The number of aliphatic imine (C=N–C) groups is 1. The molecular weight excluding hydrogens is 462 g/mol. The van der Waals surface area contributed by atoms with Gasteiger partial charge in [0.2, 0.25) is 5.91 Å². The van der Waals surface area contributed by atoms with Crippen molar-refractivity contribution in [1.29, 1.82) is 0 Å². The van der Waals surface area contributed by atoms with Crippen LogP contribution in [0.15, 0.2) is 22.1 Å². The van der Waals surface area contributed by atoms with Crippen LogP contribution in [-0.2, 0) is 23.9 Å². The Hall–Kier alpha value is -3.57. The molecule has 3 unspecified atom stereocenters. The van der Waals surface area contributed by atoms with Gasteiger partial charge in [-0.3, -0.25) is 23.7 Å². The molecular formula is C18H23N5O11. The smallest absolute Gasteiger partial charge is 0.351 e. The fraction of sp³-hybridized carbons (Fsp3) is 0.500. The molecule has 1 saturated heterocycles. The lowest BCUT2D eigenvalue weighted by atomic mass is 10.1. The number of ether oxygens (including phenoxy) is 1. The molecule has 0 aromatic carbocycles. The van der Waals surface area contributed by atoms with E-state index in [1.165, 1.54) is 0 Å². The fourth-order valence-corrected chi connectivity index (χ4v) is 2.94. The second kappa shape index (κ2) is 11.5. The monoisotopic (exact) mass is 485 g/mol. The van der Waals surface area contributed by atoms with Crippen LogP contribution in [0.2, 0.25) is 0 Å². The van der Waals surface area contributed by atoms with Crippen LogP contribution in [0.4, 0.5) is 5.82 Å². The summed E-state index contributed by atoms with van der Waals surface area (Å²) in [7, 11) is 0. The average molecular weight is 485 g/mol. The summed E-state index contributed by atoms with van der Waals surface area (Å²) in [5.74, 6) is -6.65. The number of carbonyl (C=O) groups excluding carboxylic acids is 2. The van der Waals surface area contributed by atoms with Crippen LogP contribution in [0.5, 0.6) is 0 Å². The molecule has 0 saturated carbocycles. The van der Waals surface area contributed by atoms with Gasteiger partial charge in [-0.1, -0.05) is 0 Å². The quantitative estimate of drug-likeness (QED) is 0.157. The van der Waals surface area contributed by atoms with E-state index in [0.29, 0.717) is 6.21 Å². The number of nitrogens with one attached hydrogen (secondary N) is 1. The number of aromatic nitrogens is 2. The molecule has 1 aromatic rings. The standard InChI is InChI=1S/C18H23N5O11/c19-8(4-12(27)28)16(32)20-5-7(3-11(25)26)15(31)21-10-1-2-23(18(33)22-10)17-14(30)13(29)9(6-24)34-17/h1-2,5,7-9,13-14,17,24,29-30H,3-4,6,19H2,(H,25,26)(H,27,28)(H,21,22,31,33)/t7?,8-,9+,13?,14?,17+/m0/s1. The number of carboxylic acid groups (broad SMARTS) is 2. The maximum Gasteiger partial charge on any atom is 0.351 e. The number of hydrogen-bond acceptors (Lipinski definition) is 11. The van der Waals surface area contributed by atoms with Crippen molar-refractivity contribution in [2.45, 2.75) is 43.4 Å². The highest BCUT2D eigenvalue weighted by Gasteiger charge is 2.43. The lowest BCUT2D eigenvalue weighted by Crippen LogP contribution is -2.36. The molecule has 16 heteroatoms. The molecule has 16 nitrogen and oxygen atoms in total. The van der Waals surface area contributed by atoms with E-state index in [1.807, 2.05) is 0 Å². The summed E-state index contributed by atoms with van der Waals surface area (Å²) < 4.78 is 6.04. The number of aliphatic hydroxyl groups is 3. The van der Waals surface area contributed by atoms with E-state index in [0.717, 1.165) is 16.8 Å². The van der Waals surface area contributed by atoms with Gasteiger partial charge in [0.15, 0.2) is 6.23 Å². The van der Waals surface area contributed by atoms with Gasteiger partial charge in [-0.25, -0.2) is 9.79 Å². The van der Waals surface area contributed by atoms with E-state index < -0.39 is 85.4 Å². The average Bonchev–Trinajstić information content (AvgIpc) is 3.04. The fourth-order valence-electron chi connectivity index (χ4n) is 2.94. The Morgan fingerprint density at radius 1 is 1.21 bits per heavy atom. The Morgan fingerprint density at radius 3 is 2.38 bits per heavy atom. The predicted octanol–water partition coefficient (Wildman–Crippen LogP) is -3.72. The number of carbonyl (C=O) groups is 4. The summed E-state index contributed by atoms with van der Waals surface area (Å²) in [6, 6.07) is -0.370. The SMILES string of the molecule is N[C@@H](CC(=O)O)C(=O)N=CC(CC(=O)O)C(=O)Nc1ccn([C@@H]2O[C@H](CO)C(O)C2O)c(=O)n1. The van der Waals surface area contributed by atoms with Crippen molar-refractivity contribution in [3.05, 3.63) is 22.7 Å². The first-order valence-corrected chi connectivity index (χ1v) is 9.74. The van der Waals surface area contributed by atoms with Crippen molar-refractivity contribution in [1.82, 2.24) is 9.55 Å². The van der Waals surface area contributed by atoms with E-state index in [4.69, 9.17) is 25.8 Å². The van der Waals surface area contributed by atoms with Crippen LogP contribution in [0.3, 0.4) is 0 Å². The molecule has 1 aromatic heterocycles. The van der Waals surface area contributed by atoms with Gasteiger partial charge in [-0.15, -0.1) is 0 Å². The topological polar surface area (TPSA) is 264 Å². The lowest BCUT2D eigenvalue weighted by molar-refractivity contribution is -0.139. The largest absolute Gasteiger partial charge is 0.481 e. The van der Waals surface area contributed by atoms with Crippen molar-refractivity contribution in [3.8, 4) is 0 Å². The molecule has 2 rings (SSSR count). The third-order valence-electron chi connectivity index (χ3n) is 4.70. The molecule has 0 spiro atoms. The summed E-state index contributed by atoms with van der Waals surface area (Å²) >= 11 is 0. The minimum Gasteiger partial charge on any atom is -0.481 e. The van der Waals surface area contributed by atoms with Crippen LogP contribution in [0.1, 0.15) is 19.1 Å². The first-order valence-electron chi connectivity index (χ1n) is 9.74. The summed E-state index contributed by atoms with van der Waals surface area (Å²) in [4.78, 5) is 65.2.